The lowest BCUT2D eigenvalue weighted by molar-refractivity contribution is -0.139. The van der Waals surface area contributed by atoms with Gasteiger partial charge in [-0.3, -0.25) is 14.4 Å². The van der Waals surface area contributed by atoms with Crippen LogP contribution in [0.15, 0.2) is 97.1 Å². The first-order valence-corrected chi connectivity index (χ1v) is 14.9. The molecule has 0 saturated carbocycles. The topological polar surface area (TPSA) is 94.2 Å². The number of amides is 2. The molecule has 1 aliphatic heterocycles. The van der Waals surface area contributed by atoms with Gasteiger partial charge in [0.25, 0.3) is 0 Å². The van der Waals surface area contributed by atoms with Crippen LogP contribution in [0.4, 0.5) is 0 Å². The highest BCUT2D eigenvalue weighted by molar-refractivity contribution is 6.30. The van der Waals surface area contributed by atoms with Gasteiger partial charge in [0.15, 0.2) is 5.78 Å². The number of carbonyl (C=O) groups is 3. The second-order valence-corrected chi connectivity index (χ2v) is 11.3. The summed E-state index contributed by atoms with van der Waals surface area (Å²) in [4.78, 5) is 44.0. The van der Waals surface area contributed by atoms with Crippen molar-refractivity contribution in [3.63, 3.8) is 0 Å². The van der Waals surface area contributed by atoms with Gasteiger partial charge >= 0.3 is 0 Å². The van der Waals surface area contributed by atoms with Crippen LogP contribution in [-0.2, 0) is 16.1 Å². The lowest BCUT2D eigenvalue weighted by Crippen LogP contribution is -2.47. The quantitative estimate of drug-likeness (QED) is 0.210. The average molecular weight is 627 g/mol. The molecule has 4 atom stereocenters. The number of rotatable bonds is 10. The van der Waals surface area contributed by atoms with Gasteiger partial charge < -0.3 is 24.4 Å². The summed E-state index contributed by atoms with van der Waals surface area (Å²) in [5, 5.41) is 3.55. The summed E-state index contributed by atoms with van der Waals surface area (Å²) in [5.74, 6) is -0.453. The number of halogens is 1. The van der Waals surface area contributed by atoms with E-state index in [1.54, 1.807) is 86.9 Å². The number of hydrogen-bond acceptors (Lipinski definition) is 6. The van der Waals surface area contributed by atoms with E-state index >= 15 is 0 Å². The van der Waals surface area contributed by atoms with Crippen LogP contribution in [0.5, 0.6) is 17.2 Å². The number of ketones is 1. The minimum Gasteiger partial charge on any atom is -0.497 e. The molecule has 1 aliphatic rings. The zero-order valence-electron chi connectivity index (χ0n) is 25.5. The van der Waals surface area contributed by atoms with Gasteiger partial charge in [-0.15, -0.1) is 0 Å². The van der Waals surface area contributed by atoms with Crippen LogP contribution >= 0.6 is 11.6 Å². The highest BCUT2D eigenvalue weighted by Crippen LogP contribution is 2.51. The molecule has 0 aromatic heterocycles. The predicted octanol–water partition coefficient (Wildman–Crippen LogP) is 6.24. The van der Waals surface area contributed by atoms with Gasteiger partial charge in [0, 0.05) is 30.0 Å². The third-order valence-electron chi connectivity index (χ3n) is 8.31. The summed E-state index contributed by atoms with van der Waals surface area (Å²) < 4.78 is 16.0. The number of methoxy groups -OCH3 is 3. The molecule has 232 valence electrons. The Morgan fingerprint density at radius 1 is 0.711 bits per heavy atom. The highest BCUT2D eigenvalue weighted by Gasteiger charge is 2.56. The Labute approximate surface area is 267 Å². The number of nitrogens with one attached hydrogen (secondary N) is 1. The van der Waals surface area contributed by atoms with Gasteiger partial charge in [0.1, 0.15) is 23.3 Å². The molecular formula is C36H35ClN2O6. The van der Waals surface area contributed by atoms with Crippen LogP contribution in [0.25, 0.3) is 0 Å². The number of nitrogens with zero attached hydrogens (tertiary/aromatic N) is 1. The maximum absolute atomic E-state index is 14.6. The maximum atomic E-state index is 14.6. The van der Waals surface area contributed by atoms with Crippen LogP contribution in [0.3, 0.4) is 0 Å². The second kappa shape index (κ2) is 13.9. The van der Waals surface area contributed by atoms with Crippen molar-refractivity contribution in [2.75, 3.05) is 21.3 Å². The van der Waals surface area contributed by atoms with Crippen LogP contribution in [-0.4, -0.2) is 49.9 Å². The molecule has 0 spiro atoms. The molecule has 1 fully saturated rings. The molecule has 5 rings (SSSR count). The fourth-order valence-corrected chi connectivity index (χ4v) is 6.25. The van der Waals surface area contributed by atoms with E-state index in [9.17, 15) is 14.4 Å². The number of benzene rings is 4. The number of likely N-dealkylation sites (tertiary alicyclic amines) is 1. The third-order valence-corrected chi connectivity index (χ3v) is 8.57. The summed E-state index contributed by atoms with van der Waals surface area (Å²) in [6.45, 7) is 1.65. The van der Waals surface area contributed by atoms with Crippen LogP contribution < -0.4 is 19.5 Å². The van der Waals surface area contributed by atoms with Crippen molar-refractivity contribution in [2.24, 2.45) is 5.92 Å². The van der Waals surface area contributed by atoms with E-state index in [0.29, 0.717) is 33.4 Å². The van der Waals surface area contributed by atoms with Crippen LogP contribution in [0, 0.1) is 5.92 Å². The zero-order chi connectivity index (χ0) is 32.1. The number of Topliss-reactive ketones (excluding diaryl/α,β-unsaturated/α-hetero) is 1. The summed E-state index contributed by atoms with van der Waals surface area (Å²) in [6, 6.07) is 26.8. The van der Waals surface area contributed by atoms with Gasteiger partial charge in [-0.05, 0) is 77.4 Å². The van der Waals surface area contributed by atoms with Gasteiger partial charge in [-0.25, -0.2) is 0 Å². The van der Waals surface area contributed by atoms with Crippen molar-refractivity contribution >= 4 is 29.2 Å². The summed E-state index contributed by atoms with van der Waals surface area (Å²) in [7, 11) is 4.72. The van der Waals surface area contributed by atoms with E-state index in [-0.39, 0.29) is 24.1 Å². The van der Waals surface area contributed by atoms with Gasteiger partial charge in [-0.2, -0.15) is 0 Å². The lowest BCUT2D eigenvalue weighted by Gasteiger charge is -2.30. The molecule has 0 aliphatic carbocycles. The molecule has 2 amide bonds. The third kappa shape index (κ3) is 6.66. The lowest BCUT2D eigenvalue weighted by atomic mass is 9.76. The maximum Gasteiger partial charge on any atom is 0.243 e. The zero-order valence-corrected chi connectivity index (χ0v) is 26.3. The SMILES string of the molecule is COc1ccc(CNC(=O)C2C(c3ccc(OC)cc3)C(C(=O)c3ccc(OC)cc3)C(c3ccc(Cl)cc3)N2C(C)=O)cc1. The average Bonchev–Trinajstić information content (AvgIpc) is 3.44. The minimum absolute atomic E-state index is 0.199. The summed E-state index contributed by atoms with van der Waals surface area (Å²) in [5.41, 5.74) is 2.74. The molecule has 4 aromatic carbocycles. The minimum atomic E-state index is -0.998. The molecule has 45 heavy (non-hydrogen) atoms. The fraction of sp³-hybridized carbons (Fsp3) is 0.250. The second-order valence-electron chi connectivity index (χ2n) is 10.9. The molecule has 1 saturated heterocycles. The van der Waals surface area contributed by atoms with Gasteiger partial charge in [-0.1, -0.05) is 48.0 Å². The first-order chi connectivity index (χ1) is 21.7. The number of hydrogen-bond donors (Lipinski definition) is 1. The van der Waals surface area contributed by atoms with E-state index < -0.39 is 23.9 Å². The standard InChI is InChI=1S/C36H35ClN2O6/c1-22(40)39-33(25-7-13-27(37)14-8-25)32(35(41)26-11-19-30(45-4)20-12-26)31(24-9-17-29(44-3)18-10-24)34(39)36(42)38-21-23-5-15-28(43-2)16-6-23/h5-20,31-34H,21H2,1-4H3,(H,38,42). The normalized spacial score (nSPS) is 19.1. The van der Waals surface area contributed by atoms with Gasteiger partial charge in [0.2, 0.25) is 11.8 Å². The Balaban J connectivity index is 1.64. The van der Waals surface area contributed by atoms with Crippen molar-refractivity contribution in [2.45, 2.75) is 31.5 Å². The monoisotopic (exact) mass is 626 g/mol. The molecule has 0 radical (unpaired) electrons. The Bertz CT molecular complexity index is 1640. The highest BCUT2D eigenvalue weighted by atomic mass is 35.5. The molecule has 1 heterocycles. The smallest absolute Gasteiger partial charge is 0.243 e. The Kier molecular flexibility index (Phi) is 9.74. The van der Waals surface area contributed by atoms with E-state index in [4.69, 9.17) is 25.8 Å². The first-order valence-electron chi connectivity index (χ1n) is 14.5. The van der Waals surface area contributed by atoms with Crippen molar-refractivity contribution in [1.82, 2.24) is 10.2 Å². The molecule has 0 bridgehead atoms. The van der Waals surface area contributed by atoms with Gasteiger partial charge in [0.05, 0.1) is 33.3 Å². The number of ether oxygens (including phenoxy) is 3. The molecule has 8 nitrogen and oxygen atoms in total. The fourth-order valence-electron chi connectivity index (χ4n) is 6.13. The molecule has 4 aromatic rings. The van der Waals surface area contributed by atoms with Crippen molar-refractivity contribution in [3.05, 3.63) is 124 Å². The van der Waals surface area contributed by atoms with Crippen LogP contribution in [0.2, 0.25) is 5.02 Å². The van der Waals surface area contributed by atoms with E-state index in [1.165, 1.54) is 6.92 Å². The van der Waals surface area contributed by atoms with E-state index in [1.807, 2.05) is 36.4 Å². The molecule has 1 N–H and O–H groups in total. The Morgan fingerprint density at radius 2 is 1.20 bits per heavy atom. The van der Waals surface area contributed by atoms with E-state index in [2.05, 4.69) is 5.32 Å². The largest absolute Gasteiger partial charge is 0.497 e. The Hall–Kier alpha value is -4.82. The van der Waals surface area contributed by atoms with Crippen molar-refractivity contribution < 1.29 is 28.6 Å². The van der Waals surface area contributed by atoms with Crippen molar-refractivity contribution in [3.8, 4) is 17.2 Å². The predicted molar refractivity (Wildman–Crippen MR) is 172 cm³/mol. The summed E-state index contributed by atoms with van der Waals surface area (Å²) >= 11 is 6.25. The van der Waals surface area contributed by atoms with Crippen LogP contribution in [0.1, 0.15) is 45.9 Å². The number of carbonyl (C=O) groups excluding carboxylic acids is 3. The van der Waals surface area contributed by atoms with Crippen molar-refractivity contribution in [1.29, 1.82) is 0 Å². The molecule has 9 heteroatoms. The molecule has 4 unspecified atom stereocenters. The summed E-state index contributed by atoms with van der Waals surface area (Å²) in [6.07, 6.45) is 0. The Morgan fingerprint density at radius 3 is 1.71 bits per heavy atom. The molecular weight excluding hydrogens is 592 g/mol. The first kappa shape index (κ1) is 31.6. The van der Waals surface area contributed by atoms with E-state index in [0.717, 1.165) is 11.1 Å².